The van der Waals surface area contributed by atoms with Gasteiger partial charge >= 0.3 is 0 Å². The Labute approximate surface area is 113 Å². The van der Waals surface area contributed by atoms with Crippen molar-refractivity contribution >= 4 is 0 Å². The second-order valence-electron chi connectivity index (χ2n) is 6.53. The topological polar surface area (TPSA) is 32.3 Å². The van der Waals surface area contributed by atoms with E-state index in [2.05, 4.69) is 12.2 Å². The number of hydrogen-bond acceptors (Lipinski definition) is 2. The summed E-state index contributed by atoms with van der Waals surface area (Å²) in [4.78, 5) is 0. The minimum absolute atomic E-state index is 0.397. The minimum atomic E-state index is 0.397. The van der Waals surface area contributed by atoms with Crippen LogP contribution in [0.25, 0.3) is 0 Å². The van der Waals surface area contributed by atoms with Crippen LogP contribution < -0.4 is 5.32 Å². The van der Waals surface area contributed by atoms with Gasteiger partial charge in [0.15, 0.2) is 0 Å². The maximum Gasteiger partial charge on any atom is 0.0462 e. The molecule has 0 aromatic heterocycles. The molecule has 4 atom stereocenters. The molecule has 0 bridgehead atoms. The van der Waals surface area contributed by atoms with E-state index in [0.717, 1.165) is 24.4 Å². The van der Waals surface area contributed by atoms with Gasteiger partial charge in [-0.25, -0.2) is 0 Å². The summed E-state index contributed by atoms with van der Waals surface area (Å²) in [7, 11) is 0. The lowest BCUT2D eigenvalue weighted by Crippen LogP contribution is -2.40. The van der Waals surface area contributed by atoms with E-state index in [1.54, 1.807) is 0 Å². The lowest BCUT2D eigenvalue weighted by Gasteiger charge is -2.34. The maximum absolute atomic E-state index is 9.45. The molecule has 0 saturated heterocycles. The van der Waals surface area contributed by atoms with Crippen LogP contribution >= 0.6 is 0 Å². The van der Waals surface area contributed by atoms with Gasteiger partial charge < -0.3 is 10.4 Å². The van der Waals surface area contributed by atoms with Gasteiger partial charge in [-0.2, -0.15) is 0 Å². The second-order valence-corrected chi connectivity index (χ2v) is 6.53. The third kappa shape index (κ3) is 3.96. The molecule has 2 saturated carbocycles. The van der Waals surface area contributed by atoms with Crippen LogP contribution in [0, 0.1) is 17.8 Å². The number of hydrogen-bond donors (Lipinski definition) is 2. The fraction of sp³-hybridized carbons (Fsp3) is 1.00. The molecule has 0 spiro atoms. The number of aliphatic hydroxyl groups excluding tert-OH is 1. The highest BCUT2D eigenvalue weighted by molar-refractivity contribution is 4.81. The maximum atomic E-state index is 9.45. The Bertz CT molecular complexity index is 231. The molecule has 0 aromatic rings. The van der Waals surface area contributed by atoms with E-state index in [4.69, 9.17) is 0 Å². The van der Waals surface area contributed by atoms with Gasteiger partial charge in [-0.1, -0.05) is 39.0 Å². The third-order valence-corrected chi connectivity index (χ3v) is 5.33. The average Bonchev–Trinajstić information content (AvgIpc) is 2.45. The summed E-state index contributed by atoms with van der Waals surface area (Å²) < 4.78 is 0. The molecule has 2 fully saturated rings. The van der Waals surface area contributed by atoms with Gasteiger partial charge in [0.1, 0.15) is 0 Å². The van der Waals surface area contributed by atoms with Crippen molar-refractivity contribution in [2.45, 2.75) is 70.8 Å². The van der Waals surface area contributed by atoms with Crippen LogP contribution in [0.4, 0.5) is 0 Å². The van der Waals surface area contributed by atoms with Gasteiger partial charge in [0.25, 0.3) is 0 Å². The highest BCUT2D eigenvalue weighted by atomic mass is 16.3. The Morgan fingerprint density at radius 1 is 1.00 bits per heavy atom. The van der Waals surface area contributed by atoms with Crippen molar-refractivity contribution in [1.29, 1.82) is 0 Å². The highest BCUT2D eigenvalue weighted by Gasteiger charge is 2.26. The van der Waals surface area contributed by atoms with Crippen molar-refractivity contribution in [3.63, 3.8) is 0 Å². The predicted molar refractivity (Wildman–Crippen MR) is 76.6 cm³/mol. The van der Waals surface area contributed by atoms with Crippen LogP contribution in [0.1, 0.15) is 64.7 Å². The van der Waals surface area contributed by atoms with Crippen molar-refractivity contribution in [2.24, 2.45) is 17.8 Å². The molecular weight excluding hydrogens is 222 g/mol. The summed E-state index contributed by atoms with van der Waals surface area (Å²) in [5.41, 5.74) is 0. The third-order valence-electron chi connectivity index (χ3n) is 5.33. The van der Waals surface area contributed by atoms with E-state index < -0.39 is 0 Å². The molecule has 2 heteroatoms. The lowest BCUT2D eigenvalue weighted by molar-refractivity contribution is 0.127. The fourth-order valence-corrected chi connectivity index (χ4v) is 3.96. The molecule has 2 aliphatic rings. The Kier molecular flexibility index (Phi) is 5.97. The molecule has 106 valence electrons. The fourth-order valence-electron chi connectivity index (χ4n) is 3.96. The largest absolute Gasteiger partial charge is 0.396 e. The zero-order chi connectivity index (χ0) is 12.8. The minimum Gasteiger partial charge on any atom is -0.396 e. The molecule has 2 N–H and O–H groups in total. The first-order valence-corrected chi connectivity index (χ1v) is 8.17. The molecule has 0 heterocycles. The number of rotatable bonds is 5. The predicted octanol–water partition coefficient (Wildman–Crippen LogP) is 3.34. The normalized spacial score (nSPS) is 37.7. The Hall–Kier alpha value is -0.0800. The molecule has 0 aromatic carbocycles. The summed E-state index contributed by atoms with van der Waals surface area (Å²) >= 11 is 0. The van der Waals surface area contributed by atoms with E-state index in [1.807, 2.05) is 0 Å². The van der Waals surface area contributed by atoms with Crippen LogP contribution in [0.15, 0.2) is 0 Å². The Morgan fingerprint density at radius 2 is 1.78 bits per heavy atom. The SMILES string of the molecule is CCC1CCCC(NCC2CCCCC2CO)C1. The van der Waals surface area contributed by atoms with Gasteiger partial charge in [-0.3, -0.25) is 0 Å². The lowest BCUT2D eigenvalue weighted by atomic mass is 9.79. The summed E-state index contributed by atoms with van der Waals surface area (Å²) in [5.74, 6) is 2.25. The van der Waals surface area contributed by atoms with Crippen molar-refractivity contribution < 1.29 is 5.11 Å². The van der Waals surface area contributed by atoms with Gasteiger partial charge in [-0.15, -0.1) is 0 Å². The van der Waals surface area contributed by atoms with E-state index in [0.29, 0.717) is 12.5 Å². The summed E-state index contributed by atoms with van der Waals surface area (Å²) in [6, 6.07) is 0.755. The summed E-state index contributed by atoms with van der Waals surface area (Å²) in [6.07, 6.45) is 12.2. The van der Waals surface area contributed by atoms with Crippen LogP contribution in [0.2, 0.25) is 0 Å². The quantitative estimate of drug-likeness (QED) is 0.787. The highest BCUT2D eigenvalue weighted by Crippen LogP contribution is 2.30. The van der Waals surface area contributed by atoms with Crippen LogP contribution in [0.5, 0.6) is 0 Å². The zero-order valence-corrected chi connectivity index (χ0v) is 12.0. The molecule has 4 unspecified atom stereocenters. The Balaban J connectivity index is 1.72. The first kappa shape index (κ1) is 14.3. The van der Waals surface area contributed by atoms with Crippen LogP contribution in [-0.4, -0.2) is 24.3 Å². The molecular formula is C16H31NO. The van der Waals surface area contributed by atoms with Crippen molar-refractivity contribution in [1.82, 2.24) is 5.32 Å². The van der Waals surface area contributed by atoms with Crippen molar-refractivity contribution in [3.05, 3.63) is 0 Å². The first-order chi connectivity index (χ1) is 8.83. The molecule has 0 aliphatic heterocycles. The first-order valence-electron chi connectivity index (χ1n) is 8.17. The smallest absolute Gasteiger partial charge is 0.0462 e. The molecule has 18 heavy (non-hydrogen) atoms. The van der Waals surface area contributed by atoms with Gasteiger partial charge in [0.2, 0.25) is 0 Å². The van der Waals surface area contributed by atoms with Gasteiger partial charge in [0, 0.05) is 12.6 Å². The van der Waals surface area contributed by atoms with E-state index in [9.17, 15) is 5.11 Å². The van der Waals surface area contributed by atoms with E-state index in [1.165, 1.54) is 57.8 Å². The monoisotopic (exact) mass is 253 g/mol. The van der Waals surface area contributed by atoms with Crippen LogP contribution in [0.3, 0.4) is 0 Å². The van der Waals surface area contributed by atoms with E-state index >= 15 is 0 Å². The van der Waals surface area contributed by atoms with Crippen molar-refractivity contribution in [2.75, 3.05) is 13.2 Å². The van der Waals surface area contributed by atoms with Crippen LogP contribution in [-0.2, 0) is 0 Å². The number of aliphatic hydroxyl groups is 1. The van der Waals surface area contributed by atoms with Gasteiger partial charge in [0.05, 0.1) is 0 Å². The second kappa shape index (κ2) is 7.49. The molecule has 2 nitrogen and oxygen atoms in total. The molecule has 2 rings (SSSR count). The van der Waals surface area contributed by atoms with E-state index in [-0.39, 0.29) is 0 Å². The number of nitrogens with one attached hydrogen (secondary N) is 1. The standard InChI is InChI=1S/C16H31NO/c1-2-13-6-5-9-16(10-13)17-11-14-7-3-4-8-15(14)12-18/h13-18H,2-12H2,1H3. The summed E-state index contributed by atoms with van der Waals surface area (Å²) in [5, 5.41) is 13.3. The van der Waals surface area contributed by atoms with Crippen molar-refractivity contribution in [3.8, 4) is 0 Å². The zero-order valence-electron chi connectivity index (χ0n) is 12.0. The Morgan fingerprint density at radius 3 is 2.50 bits per heavy atom. The molecule has 0 radical (unpaired) electrons. The molecule has 2 aliphatic carbocycles. The average molecular weight is 253 g/mol. The summed E-state index contributed by atoms with van der Waals surface area (Å²) in [6.45, 7) is 3.87. The molecule has 0 amide bonds. The van der Waals surface area contributed by atoms with Gasteiger partial charge in [-0.05, 0) is 50.0 Å².